The lowest BCUT2D eigenvalue weighted by atomic mass is 9.85. The summed E-state index contributed by atoms with van der Waals surface area (Å²) in [5.74, 6) is -2.06. The van der Waals surface area contributed by atoms with Crippen molar-refractivity contribution in [2.45, 2.75) is 31.7 Å². The van der Waals surface area contributed by atoms with Crippen LogP contribution in [0.5, 0.6) is 5.75 Å². The number of nitrogens with one attached hydrogen (secondary N) is 1. The zero-order chi connectivity index (χ0) is 21.0. The first-order chi connectivity index (χ1) is 13.9. The van der Waals surface area contributed by atoms with Crippen LogP contribution in [-0.2, 0) is 30.3 Å². The lowest BCUT2D eigenvalue weighted by molar-refractivity contribution is -0.145. The fourth-order valence-corrected chi connectivity index (χ4v) is 3.77. The van der Waals surface area contributed by atoms with Crippen LogP contribution in [0.4, 0.5) is 0 Å². The lowest BCUT2D eigenvalue weighted by Crippen LogP contribution is -2.44. The first-order valence-electron chi connectivity index (χ1n) is 9.56. The van der Waals surface area contributed by atoms with Crippen molar-refractivity contribution >= 4 is 23.7 Å². The van der Waals surface area contributed by atoms with Crippen LogP contribution >= 0.6 is 0 Å². The van der Waals surface area contributed by atoms with E-state index in [0.717, 1.165) is 10.5 Å². The second kappa shape index (κ2) is 8.89. The first-order valence-corrected chi connectivity index (χ1v) is 9.56. The van der Waals surface area contributed by atoms with Gasteiger partial charge in [0.2, 0.25) is 17.7 Å². The quantitative estimate of drug-likeness (QED) is 0.400. The van der Waals surface area contributed by atoms with Crippen LogP contribution in [0, 0.1) is 11.8 Å². The van der Waals surface area contributed by atoms with Gasteiger partial charge < -0.3 is 15.2 Å². The number of benzene rings is 1. The zero-order valence-electron chi connectivity index (χ0n) is 16.2. The number of fused-ring (bicyclic) bond motifs is 1. The molecule has 2 N–H and O–H groups in total. The molecule has 2 aliphatic rings. The largest absolute Gasteiger partial charge is 0.508 e. The number of imide groups is 1. The molecule has 8 nitrogen and oxygen atoms in total. The maximum atomic E-state index is 12.5. The van der Waals surface area contributed by atoms with Crippen LogP contribution in [0.2, 0.25) is 0 Å². The number of likely N-dealkylation sites (tertiary alicyclic amines) is 1. The number of ether oxygens (including phenoxy) is 1. The Hall–Kier alpha value is -3.16. The highest BCUT2D eigenvalue weighted by Crippen LogP contribution is 2.34. The molecule has 1 aliphatic heterocycles. The van der Waals surface area contributed by atoms with Gasteiger partial charge >= 0.3 is 5.97 Å². The number of aromatic hydroxyl groups is 1. The summed E-state index contributed by atoms with van der Waals surface area (Å²) in [5.41, 5.74) is 0.736. The van der Waals surface area contributed by atoms with E-state index >= 15 is 0 Å². The Bertz CT molecular complexity index is 806. The van der Waals surface area contributed by atoms with E-state index < -0.39 is 17.9 Å². The number of nitrogens with zero attached hydrogens (tertiary/aromatic N) is 1. The van der Waals surface area contributed by atoms with Gasteiger partial charge in [-0.25, -0.2) is 4.79 Å². The average Bonchev–Trinajstić information content (AvgIpc) is 2.97. The Morgan fingerprint density at radius 3 is 2.28 bits per heavy atom. The third-order valence-corrected chi connectivity index (χ3v) is 5.36. The number of rotatable bonds is 7. The minimum Gasteiger partial charge on any atom is -0.508 e. The molecule has 3 amide bonds. The number of hydrogen-bond donors (Lipinski definition) is 2. The average molecular weight is 400 g/mol. The molecule has 154 valence electrons. The fraction of sp³-hybridized carbons (Fsp3) is 0.429. The van der Waals surface area contributed by atoms with Gasteiger partial charge in [-0.1, -0.05) is 24.3 Å². The Kier molecular flexibility index (Phi) is 6.31. The Balaban J connectivity index is 1.57. The second-order valence-corrected chi connectivity index (χ2v) is 7.25. The summed E-state index contributed by atoms with van der Waals surface area (Å²) in [6.07, 6.45) is 5.02. The van der Waals surface area contributed by atoms with Crippen LogP contribution in [0.3, 0.4) is 0 Å². The molecule has 0 spiro atoms. The smallest absolute Gasteiger partial charge is 0.328 e. The lowest BCUT2D eigenvalue weighted by Gasteiger charge is -2.18. The van der Waals surface area contributed by atoms with Crippen LogP contribution in [0.15, 0.2) is 36.4 Å². The van der Waals surface area contributed by atoms with Crippen molar-refractivity contribution in [1.82, 2.24) is 10.2 Å². The third-order valence-electron chi connectivity index (χ3n) is 5.36. The molecule has 8 heteroatoms. The van der Waals surface area contributed by atoms with E-state index in [1.54, 1.807) is 12.1 Å². The summed E-state index contributed by atoms with van der Waals surface area (Å²) >= 11 is 0. The minimum atomic E-state index is -0.909. The zero-order valence-corrected chi connectivity index (χ0v) is 16.2. The molecule has 1 fully saturated rings. The van der Waals surface area contributed by atoms with Crippen LogP contribution < -0.4 is 5.32 Å². The third kappa shape index (κ3) is 4.64. The number of carbonyl (C=O) groups excluding carboxylic acids is 4. The van der Waals surface area contributed by atoms with E-state index in [2.05, 4.69) is 5.32 Å². The van der Waals surface area contributed by atoms with Gasteiger partial charge in [-0.3, -0.25) is 19.3 Å². The van der Waals surface area contributed by atoms with E-state index in [9.17, 15) is 24.3 Å². The van der Waals surface area contributed by atoms with Crippen molar-refractivity contribution in [3.05, 3.63) is 42.0 Å². The maximum absolute atomic E-state index is 12.5. The highest BCUT2D eigenvalue weighted by molar-refractivity contribution is 6.05. The SMILES string of the molecule is COC(=O)[C@@H](Cc1ccc(O)cc1)NC(=O)CCN1C(=O)[C@H]2CC=CC[C@H]2C1=O. The molecule has 1 aromatic carbocycles. The Morgan fingerprint density at radius 1 is 1.14 bits per heavy atom. The fourth-order valence-electron chi connectivity index (χ4n) is 3.77. The van der Waals surface area contributed by atoms with Gasteiger partial charge in [0.15, 0.2) is 0 Å². The molecular weight excluding hydrogens is 376 g/mol. The van der Waals surface area contributed by atoms with Crippen molar-refractivity contribution in [2.75, 3.05) is 13.7 Å². The summed E-state index contributed by atoms with van der Waals surface area (Å²) in [6, 6.07) is 5.37. The van der Waals surface area contributed by atoms with Gasteiger partial charge in [-0.15, -0.1) is 0 Å². The number of phenols is 1. The van der Waals surface area contributed by atoms with Crippen molar-refractivity contribution < 1.29 is 29.0 Å². The van der Waals surface area contributed by atoms with E-state index in [1.807, 2.05) is 12.2 Å². The summed E-state index contributed by atoms with van der Waals surface area (Å²) in [6.45, 7) is -0.0103. The molecule has 0 bridgehead atoms. The highest BCUT2D eigenvalue weighted by atomic mass is 16.5. The molecule has 0 aromatic heterocycles. The van der Waals surface area contributed by atoms with Crippen LogP contribution in [-0.4, -0.2) is 53.4 Å². The van der Waals surface area contributed by atoms with Crippen molar-refractivity contribution in [2.24, 2.45) is 11.8 Å². The Morgan fingerprint density at radius 2 is 1.72 bits per heavy atom. The number of phenolic OH excluding ortho intramolecular Hbond substituents is 1. The summed E-state index contributed by atoms with van der Waals surface area (Å²) in [4.78, 5) is 50.5. The summed E-state index contributed by atoms with van der Waals surface area (Å²) in [7, 11) is 1.23. The van der Waals surface area contributed by atoms with Crippen LogP contribution in [0.25, 0.3) is 0 Å². The molecule has 1 saturated heterocycles. The molecule has 0 saturated carbocycles. The normalized spacial score (nSPS) is 21.6. The molecule has 3 rings (SSSR count). The van der Waals surface area contributed by atoms with Crippen molar-refractivity contribution in [3.63, 3.8) is 0 Å². The van der Waals surface area contributed by atoms with Gasteiger partial charge in [0.1, 0.15) is 11.8 Å². The van der Waals surface area contributed by atoms with Gasteiger partial charge in [0.25, 0.3) is 0 Å². The van der Waals surface area contributed by atoms with Gasteiger partial charge in [-0.05, 0) is 30.5 Å². The molecule has 0 radical (unpaired) electrons. The molecule has 1 aromatic rings. The molecular formula is C21H24N2O6. The molecule has 1 heterocycles. The standard InChI is InChI=1S/C21H24N2O6/c1-29-21(28)17(12-13-6-8-14(24)9-7-13)22-18(25)10-11-23-19(26)15-4-2-3-5-16(15)20(23)27/h2-3,6-9,15-17,24H,4-5,10-12H2,1H3,(H,22,25)/t15-,16+,17-/m1/s1. The highest BCUT2D eigenvalue weighted by Gasteiger charge is 2.46. The topological polar surface area (TPSA) is 113 Å². The van der Waals surface area contributed by atoms with Crippen molar-refractivity contribution in [1.29, 1.82) is 0 Å². The monoisotopic (exact) mass is 400 g/mol. The van der Waals surface area contributed by atoms with E-state index in [4.69, 9.17) is 4.74 Å². The Labute approximate surface area is 168 Å². The summed E-state index contributed by atoms with van der Waals surface area (Å²) < 4.78 is 4.76. The molecule has 29 heavy (non-hydrogen) atoms. The molecule has 3 atom stereocenters. The second-order valence-electron chi connectivity index (χ2n) is 7.25. The number of hydrogen-bond acceptors (Lipinski definition) is 6. The van der Waals surface area contributed by atoms with Gasteiger partial charge in [0.05, 0.1) is 18.9 Å². The number of amides is 3. The predicted molar refractivity (Wildman–Crippen MR) is 102 cm³/mol. The molecule has 1 aliphatic carbocycles. The van der Waals surface area contributed by atoms with E-state index in [-0.39, 0.29) is 48.8 Å². The molecule has 0 unspecified atom stereocenters. The van der Waals surface area contributed by atoms with Gasteiger partial charge in [-0.2, -0.15) is 0 Å². The van der Waals surface area contributed by atoms with Crippen LogP contribution in [0.1, 0.15) is 24.8 Å². The number of carbonyl (C=O) groups is 4. The van der Waals surface area contributed by atoms with E-state index in [0.29, 0.717) is 12.8 Å². The number of allylic oxidation sites excluding steroid dienone is 2. The maximum Gasteiger partial charge on any atom is 0.328 e. The van der Waals surface area contributed by atoms with Gasteiger partial charge in [0, 0.05) is 19.4 Å². The van der Waals surface area contributed by atoms with E-state index in [1.165, 1.54) is 19.2 Å². The number of esters is 1. The number of methoxy groups -OCH3 is 1. The first kappa shape index (κ1) is 20.6. The summed E-state index contributed by atoms with van der Waals surface area (Å²) in [5, 5.41) is 12.0. The predicted octanol–water partition coefficient (Wildman–Crippen LogP) is 0.934. The minimum absolute atomic E-state index is 0.0103. The van der Waals surface area contributed by atoms with Crippen molar-refractivity contribution in [3.8, 4) is 5.75 Å².